The van der Waals surface area contributed by atoms with Crippen molar-refractivity contribution >= 4 is 5.91 Å². The highest BCUT2D eigenvalue weighted by Gasteiger charge is 2.14. The molecule has 0 aromatic heterocycles. The highest BCUT2D eigenvalue weighted by Crippen LogP contribution is 2.18. The molecule has 0 heterocycles. The number of halogens is 1. The molecule has 1 amide bonds. The molecule has 0 saturated carbocycles. The number of benzene rings is 2. The number of para-hydroxylation sites is 1. The second-order valence-electron chi connectivity index (χ2n) is 5.37. The highest BCUT2D eigenvalue weighted by molar-refractivity contribution is 5.77. The predicted octanol–water partition coefficient (Wildman–Crippen LogP) is 2.83. The molecule has 5 heteroatoms. The van der Waals surface area contributed by atoms with Crippen LogP contribution in [0.1, 0.15) is 25.0 Å². The van der Waals surface area contributed by atoms with E-state index in [2.05, 4.69) is 5.32 Å². The molecule has 23 heavy (non-hydrogen) atoms. The van der Waals surface area contributed by atoms with Crippen molar-refractivity contribution in [2.24, 2.45) is 0 Å². The lowest BCUT2D eigenvalue weighted by Crippen LogP contribution is -2.37. The van der Waals surface area contributed by atoms with Crippen molar-refractivity contribution in [3.05, 3.63) is 66.0 Å². The number of carbonyl (C=O) groups excluding carboxylic acids is 1. The summed E-state index contributed by atoms with van der Waals surface area (Å²) < 4.78 is 18.2. The van der Waals surface area contributed by atoms with Gasteiger partial charge in [0.25, 0.3) is 5.91 Å². The first kappa shape index (κ1) is 17.0. The molecule has 2 unspecified atom stereocenters. The van der Waals surface area contributed by atoms with Crippen LogP contribution in [0.15, 0.2) is 54.6 Å². The lowest BCUT2D eigenvalue weighted by molar-refractivity contribution is -0.123. The van der Waals surface area contributed by atoms with Crippen LogP contribution >= 0.6 is 0 Å². The number of aliphatic hydroxyl groups is 1. The molecule has 0 aliphatic rings. The summed E-state index contributed by atoms with van der Waals surface area (Å²) in [6, 6.07) is 14.5. The van der Waals surface area contributed by atoms with Crippen molar-refractivity contribution in [2.75, 3.05) is 6.61 Å². The van der Waals surface area contributed by atoms with Crippen LogP contribution in [0.2, 0.25) is 0 Å². The Morgan fingerprint density at radius 3 is 2.48 bits per heavy atom. The summed E-state index contributed by atoms with van der Waals surface area (Å²) in [5.41, 5.74) is 0.619. The normalized spacial score (nSPS) is 13.2. The third-order valence-corrected chi connectivity index (χ3v) is 3.35. The quantitative estimate of drug-likeness (QED) is 0.825. The van der Waals surface area contributed by atoms with Gasteiger partial charge in [-0.1, -0.05) is 30.3 Å². The van der Waals surface area contributed by atoms with E-state index in [-0.39, 0.29) is 24.4 Å². The Morgan fingerprint density at radius 1 is 1.17 bits per heavy atom. The fourth-order valence-corrected chi connectivity index (χ4v) is 2.20. The fraction of sp³-hybridized carbons (Fsp3) is 0.278. The van der Waals surface area contributed by atoms with Crippen molar-refractivity contribution in [1.29, 1.82) is 0 Å². The first-order valence-electron chi connectivity index (χ1n) is 7.45. The molecule has 0 radical (unpaired) electrons. The summed E-state index contributed by atoms with van der Waals surface area (Å²) in [5.74, 6) is 0.0228. The molecule has 0 saturated heterocycles. The van der Waals surface area contributed by atoms with Gasteiger partial charge in [-0.05, 0) is 43.2 Å². The minimum Gasteiger partial charge on any atom is -0.484 e. The monoisotopic (exact) mass is 317 g/mol. The summed E-state index contributed by atoms with van der Waals surface area (Å²) in [4.78, 5) is 11.8. The number of rotatable bonds is 7. The first-order valence-corrected chi connectivity index (χ1v) is 7.45. The van der Waals surface area contributed by atoms with Gasteiger partial charge in [-0.2, -0.15) is 0 Å². The van der Waals surface area contributed by atoms with E-state index in [1.165, 1.54) is 24.3 Å². The molecule has 0 aliphatic heterocycles. The minimum atomic E-state index is -0.763. The molecular weight excluding hydrogens is 297 g/mol. The topological polar surface area (TPSA) is 58.6 Å². The van der Waals surface area contributed by atoms with Crippen LogP contribution in [-0.2, 0) is 4.79 Å². The molecule has 0 fully saturated rings. The second kappa shape index (κ2) is 8.29. The van der Waals surface area contributed by atoms with E-state index in [9.17, 15) is 14.3 Å². The van der Waals surface area contributed by atoms with Gasteiger partial charge >= 0.3 is 0 Å². The minimum absolute atomic E-state index is 0.0823. The van der Waals surface area contributed by atoms with Crippen LogP contribution in [0, 0.1) is 5.82 Å². The van der Waals surface area contributed by atoms with Gasteiger partial charge in [0.1, 0.15) is 11.6 Å². The number of nitrogens with one attached hydrogen (secondary N) is 1. The van der Waals surface area contributed by atoms with Crippen LogP contribution in [0.3, 0.4) is 0 Å². The van der Waals surface area contributed by atoms with Crippen molar-refractivity contribution in [3.63, 3.8) is 0 Å². The van der Waals surface area contributed by atoms with Gasteiger partial charge < -0.3 is 15.2 Å². The van der Waals surface area contributed by atoms with Gasteiger partial charge in [0.05, 0.1) is 6.10 Å². The largest absolute Gasteiger partial charge is 0.484 e. The molecule has 4 nitrogen and oxygen atoms in total. The molecule has 0 bridgehead atoms. The number of amides is 1. The molecule has 0 aliphatic carbocycles. The molecule has 2 N–H and O–H groups in total. The third-order valence-electron chi connectivity index (χ3n) is 3.35. The molecule has 2 aromatic carbocycles. The number of carbonyl (C=O) groups is 1. The zero-order chi connectivity index (χ0) is 16.7. The Hall–Kier alpha value is -2.40. The fourth-order valence-electron chi connectivity index (χ4n) is 2.20. The zero-order valence-electron chi connectivity index (χ0n) is 12.9. The zero-order valence-corrected chi connectivity index (χ0v) is 12.9. The van der Waals surface area contributed by atoms with Gasteiger partial charge in [-0.15, -0.1) is 0 Å². The standard InChI is InChI=1S/C18H20FNO3/c1-13(11-17(21)14-7-9-15(19)10-8-14)20-18(22)12-23-16-5-3-2-4-6-16/h2-10,13,17,21H,11-12H2,1H3,(H,20,22). The maximum absolute atomic E-state index is 12.9. The number of hydrogen-bond acceptors (Lipinski definition) is 3. The maximum atomic E-state index is 12.9. The Bertz CT molecular complexity index is 616. The van der Waals surface area contributed by atoms with Crippen LogP contribution in [-0.4, -0.2) is 23.7 Å². The van der Waals surface area contributed by atoms with E-state index in [1.54, 1.807) is 19.1 Å². The van der Waals surface area contributed by atoms with Gasteiger partial charge in [-0.25, -0.2) is 4.39 Å². The highest BCUT2D eigenvalue weighted by atomic mass is 19.1. The Balaban J connectivity index is 1.76. The third kappa shape index (κ3) is 5.71. The van der Waals surface area contributed by atoms with E-state index >= 15 is 0 Å². The lowest BCUT2D eigenvalue weighted by atomic mass is 10.0. The van der Waals surface area contributed by atoms with Crippen molar-refractivity contribution in [1.82, 2.24) is 5.32 Å². The van der Waals surface area contributed by atoms with E-state index in [1.807, 2.05) is 18.2 Å². The second-order valence-corrected chi connectivity index (χ2v) is 5.37. The van der Waals surface area contributed by atoms with Crippen molar-refractivity contribution in [2.45, 2.75) is 25.5 Å². The summed E-state index contributed by atoms with van der Waals surface area (Å²) in [6.45, 7) is 1.72. The summed E-state index contributed by atoms with van der Waals surface area (Å²) in [6.07, 6.45) is -0.427. The van der Waals surface area contributed by atoms with E-state index in [0.29, 0.717) is 17.7 Å². The van der Waals surface area contributed by atoms with Crippen LogP contribution in [0.4, 0.5) is 4.39 Å². The maximum Gasteiger partial charge on any atom is 0.258 e. The van der Waals surface area contributed by atoms with Crippen LogP contribution in [0.5, 0.6) is 5.75 Å². The molecular formula is C18H20FNO3. The molecule has 0 spiro atoms. The van der Waals surface area contributed by atoms with E-state index < -0.39 is 6.10 Å². The van der Waals surface area contributed by atoms with Crippen molar-refractivity contribution < 1.29 is 19.0 Å². The number of ether oxygens (including phenoxy) is 1. The lowest BCUT2D eigenvalue weighted by Gasteiger charge is -2.18. The van der Waals surface area contributed by atoms with Gasteiger partial charge in [0.15, 0.2) is 6.61 Å². The van der Waals surface area contributed by atoms with Gasteiger partial charge in [-0.3, -0.25) is 4.79 Å². The molecule has 2 atom stereocenters. The predicted molar refractivity (Wildman–Crippen MR) is 85.5 cm³/mol. The number of hydrogen-bond donors (Lipinski definition) is 2. The Labute approximate surface area is 134 Å². The molecule has 122 valence electrons. The van der Waals surface area contributed by atoms with Gasteiger partial charge in [0.2, 0.25) is 0 Å². The summed E-state index contributed by atoms with van der Waals surface area (Å²) in [7, 11) is 0. The van der Waals surface area contributed by atoms with Crippen molar-refractivity contribution in [3.8, 4) is 5.75 Å². The van der Waals surface area contributed by atoms with Crippen LogP contribution in [0.25, 0.3) is 0 Å². The summed E-state index contributed by atoms with van der Waals surface area (Å²) >= 11 is 0. The van der Waals surface area contributed by atoms with E-state index in [4.69, 9.17) is 4.74 Å². The average molecular weight is 317 g/mol. The first-order chi connectivity index (χ1) is 11.0. The smallest absolute Gasteiger partial charge is 0.258 e. The number of aliphatic hydroxyl groups excluding tert-OH is 1. The van der Waals surface area contributed by atoms with E-state index in [0.717, 1.165) is 0 Å². The SMILES string of the molecule is CC(CC(O)c1ccc(F)cc1)NC(=O)COc1ccccc1. The average Bonchev–Trinajstić information content (AvgIpc) is 2.54. The Morgan fingerprint density at radius 2 is 1.83 bits per heavy atom. The van der Waals surface area contributed by atoms with Crippen LogP contribution < -0.4 is 10.1 Å². The van der Waals surface area contributed by atoms with Gasteiger partial charge in [0, 0.05) is 6.04 Å². The molecule has 2 rings (SSSR count). The molecule has 2 aromatic rings. The summed E-state index contributed by atoms with van der Waals surface area (Å²) in [5, 5.41) is 12.9. The Kier molecular flexibility index (Phi) is 6.11.